The van der Waals surface area contributed by atoms with Crippen LogP contribution in [0.15, 0.2) is 54.6 Å². The van der Waals surface area contributed by atoms with Gasteiger partial charge in [-0.3, -0.25) is 9.59 Å². The summed E-state index contributed by atoms with van der Waals surface area (Å²) in [4.78, 5) is 29.9. The van der Waals surface area contributed by atoms with Gasteiger partial charge < -0.3 is 19.3 Å². The number of benzene rings is 2. The highest BCUT2D eigenvalue weighted by atomic mass is 16.5. The number of ether oxygens (including phenoxy) is 2. The number of hydrogen-bond acceptors (Lipinski definition) is 5. The van der Waals surface area contributed by atoms with Gasteiger partial charge in [-0.05, 0) is 75.0 Å². The average molecular weight is 493 g/mol. The van der Waals surface area contributed by atoms with Gasteiger partial charge in [-0.15, -0.1) is 0 Å². The van der Waals surface area contributed by atoms with E-state index in [1.165, 1.54) is 6.92 Å². The molecular formula is C30H40N2O4. The number of methoxy groups -OCH3 is 1. The van der Waals surface area contributed by atoms with E-state index in [-0.39, 0.29) is 28.9 Å². The van der Waals surface area contributed by atoms with E-state index >= 15 is 0 Å². The highest BCUT2D eigenvalue weighted by Gasteiger charge is 2.59. The third-order valence-corrected chi connectivity index (χ3v) is 8.11. The zero-order valence-electron chi connectivity index (χ0n) is 22.3. The molecule has 1 aliphatic heterocycles. The number of hydrogen-bond donors (Lipinski definition) is 0. The molecule has 1 aliphatic carbocycles. The summed E-state index contributed by atoms with van der Waals surface area (Å²) in [7, 11) is 3.97. The molecule has 6 heteroatoms. The number of piperidine rings is 1. The van der Waals surface area contributed by atoms with Crippen LogP contribution in [0.1, 0.15) is 62.4 Å². The first-order chi connectivity index (χ1) is 17.2. The monoisotopic (exact) mass is 492 g/mol. The van der Waals surface area contributed by atoms with Crippen molar-refractivity contribution in [2.45, 2.75) is 63.5 Å². The predicted octanol–water partition coefficient (Wildman–Crippen LogP) is 4.92. The number of carbonyl (C=O) groups excluding carboxylic acids is 2. The van der Waals surface area contributed by atoms with Gasteiger partial charge in [0.2, 0.25) is 0 Å². The Bertz CT molecular complexity index is 1070. The molecule has 0 radical (unpaired) electrons. The molecule has 3 atom stereocenters. The molecule has 1 saturated carbocycles. The Morgan fingerprint density at radius 1 is 1.11 bits per heavy atom. The van der Waals surface area contributed by atoms with Crippen molar-refractivity contribution in [1.82, 2.24) is 9.80 Å². The highest BCUT2D eigenvalue weighted by Crippen LogP contribution is 2.54. The number of carbonyl (C=O) groups is 2. The lowest BCUT2D eigenvalue weighted by atomic mass is 9.55. The van der Waals surface area contributed by atoms with Gasteiger partial charge in [-0.1, -0.05) is 44.2 Å². The summed E-state index contributed by atoms with van der Waals surface area (Å²) in [5.74, 6) is 0.674. The number of rotatable bonds is 7. The van der Waals surface area contributed by atoms with Crippen LogP contribution in [0.5, 0.6) is 5.75 Å². The zero-order valence-corrected chi connectivity index (χ0v) is 22.3. The second kappa shape index (κ2) is 10.7. The van der Waals surface area contributed by atoms with Gasteiger partial charge in [0.1, 0.15) is 5.75 Å². The van der Waals surface area contributed by atoms with E-state index in [1.54, 1.807) is 0 Å². The minimum atomic E-state index is -0.384. The molecule has 0 spiro atoms. The van der Waals surface area contributed by atoms with Crippen molar-refractivity contribution in [3.05, 3.63) is 65.7 Å². The largest absolute Gasteiger partial charge is 0.427 e. The maximum atomic E-state index is 13.8. The molecule has 0 bridgehead atoms. The lowest BCUT2D eigenvalue weighted by Gasteiger charge is -2.60. The Morgan fingerprint density at radius 3 is 2.53 bits per heavy atom. The molecule has 0 aromatic heterocycles. The second-order valence-corrected chi connectivity index (χ2v) is 11.0. The molecule has 36 heavy (non-hydrogen) atoms. The number of amides is 1. The maximum Gasteiger partial charge on any atom is 0.308 e. The first kappa shape index (κ1) is 26.4. The molecule has 1 heterocycles. The zero-order chi connectivity index (χ0) is 25.9. The number of fused-ring (bicyclic) bond motifs is 1. The minimum absolute atomic E-state index is 0.0872. The molecule has 2 aromatic carbocycles. The van der Waals surface area contributed by atoms with Crippen LogP contribution in [0.2, 0.25) is 0 Å². The summed E-state index contributed by atoms with van der Waals surface area (Å²) < 4.78 is 11.9. The Morgan fingerprint density at radius 2 is 1.86 bits per heavy atom. The fourth-order valence-corrected chi connectivity index (χ4v) is 6.50. The number of esters is 1. The van der Waals surface area contributed by atoms with E-state index in [2.05, 4.69) is 36.8 Å². The number of nitrogens with zero attached hydrogens (tertiary/aromatic N) is 2. The van der Waals surface area contributed by atoms with Crippen LogP contribution >= 0.6 is 0 Å². The van der Waals surface area contributed by atoms with Crippen LogP contribution < -0.4 is 4.74 Å². The SMILES string of the molecule is COC12CC[C@H](N(CC(C)C)C(=O)c3ccccc3)CC1(c1cccc(OC(C)=O)c1)CCN(C)C2. The number of likely N-dealkylation sites (N-methyl/N-ethyl adjacent to an activating group) is 1. The van der Waals surface area contributed by atoms with Crippen molar-refractivity contribution in [3.8, 4) is 5.75 Å². The summed E-state index contributed by atoms with van der Waals surface area (Å²) in [5, 5.41) is 0. The Labute approximate surface area is 215 Å². The summed E-state index contributed by atoms with van der Waals surface area (Å²) in [6, 6.07) is 17.6. The molecule has 2 aliphatic rings. The summed E-state index contributed by atoms with van der Waals surface area (Å²) >= 11 is 0. The number of likely N-dealkylation sites (tertiary alicyclic amines) is 1. The van der Waals surface area contributed by atoms with E-state index in [0.717, 1.165) is 49.9 Å². The van der Waals surface area contributed by atoms with Crippen molar-refractivity contribution in [2.75, 3.05) is 33.8 Å². The van der Waals surface area contributed by atoms with Gasteiger partial charge in [0.05, 0.1) is 5.60 Å². The first-order valence-corrected chi connectivity index (χ1v) is 13.1. The summed E-state index contributed by atoms with van der Waals surface area (Å²) in [6.45, 7) is 8.23. The van der Waals surface area contributed by atoms with Gasteiger partial charge in [-0.25, -0.2) is 0 Å². The smallest absolute Gasteiger partial charge is 0.308 e. The Balaban J connectivity index is 1.77. The normalized spacial score (nSPS) is 26.3. The third kappa shape index (κ3) is 5.07. The topological polar surface area (TPSA) is 59.1 Å². The molecule has 194 valence electrons. The lowest BCUT2D eigenvalue weighted by Crippen LogP contribution is -2.67. The molecule has 4 rings (SSSR count). The van der Waals surface area contributed by atoms with Crippen LogP contribution in [-0.2, 0) is 14.9 Å². The van der Waals surface area contributed by atoms with Crippen LogP contribution in [0, 0.1) is 5.92 Å². The van der Waals surface area contributed by atoms with E-state index in [1.807, 2.05) is 55.6 Å². The van der Waals surface area contributed by atoms with Crippen LogP contribution in [0.3, 0.4) is 0 Å². The fraction of sp³-hybridized carbons (Fsp3) is 0.533. The molecule has 2 unspecified atom stereocenters. The Hall–Kier alpha value is -2.70. The molecular weight excluding hydrogens is 452 g/mol. The van der Waals surface area contributed by atoms with E-state index in [0.29, 0.717) is 18.2 Å². The highest BCUT2D eigenvalue weighted by molar-refractivity contribution is 5.94. The van der Waals surface area contributed by atoms with Crippen molar-refractivity contribution in [2.24, 2.45) is 5.92 Å². The van der Waals surface area contributed by atoms with Crippen molar-refractivity contribution in [3.63, 3.8) is 0 Å². The van der Waals surface area contributed by atoms with Crippen molar-refractivity contribution >= 4 is 11.9 Å². The fourth-order valence-electron chi connectivity index (χ4n) is 6.50. The van der Waals surface area contributed by atoms with Gasteiger partial charge in [0, 0.05) is 44.1 Å². The van der Waals surface area contributed by atoms with Gasteiger partial charge in [0.15, 0.2) is 0 Å². The average Bonchev–Trinajstić information content (AvgIpc) is 2.86. The van der Waals surface area contributed by atoms with Crippen molar-refractivity contribution in [1.29, 1.82) is 0 Å². The third-order valence-electron chi connectivity index (χ3n) is 8.11. The van der Waals surface area contributed by atoms with Crippen LogP contribution in [-0.4, -0.2) is 67.1 Å². The van der Waals surface area contributed by atoms with E-state index < -0.39 is 0 Å². The van der Waals surface area contributed by atoms with Crippen molar-refractivity contribution < 1.29 is 19.1 Å². The predicted molar refractivity (Wildman–Crippen MR) is 141 cm³/mol. The van der Waals surface area contributed by atoms with E-state index in [9.17, 15) is 9.59 Å². The quantitative estimate of drug-likeness (QED) is 0.406. The van der Waals surface area contributed by atoms with E-state index in [4.69, 9.17) is 9.47 Å². The van der Waals surface area contributed by atoms with Gasteiger partial charge in [-0.2, -0.15) is 0 Å². The maximum absolute atomic E-state index is 13.8. The molecule has 0 N–H and O–H groups in total. The second-order valence-electron chi connectivity index (χ2n) is 11.0. The summed E-state index contributed by atoms with van der Waals surface area (Å²) in [5.41, 5.74) is 1.16. The standard InChI is InChI=1S/C30H40N2O4/c1-22(2)20-32(28(34)24-10-7-6-8-11-24)26-14-15-30(35-5)21-31(4)17-16-29(30,19-26)25-12-9-13-27(18-25)36-23(3)33/h6-13,18,22,26H,14-17,19-21H2,1-5H3/t26-,29?,30?/m0/s1. The summed E-state index contributed by atoms with van der Waals surface area (Å²) in [6.07, 6.45) is 3.46. The lowest BCUT2D eigenvalue weighted by molar-refractivity contribution is -0.150. The molecule has 2 fully saturated rings. The Kier molecular flexibility index (Phi) is 7.86. The molecule has 1 amide bonds. The van der Waals surface area contributed by atoms with Gasteiger partial charge >= 0.3 is 5.97 Å². The molecule has 6 nitrogen and oxygen atoms in total. The minimum Gasteiger partial charge on any atom is -0.427 e. The first-order valence-electron chi connectivity index (χ1n) is 13.1. The van der Waals surface area contributed by atoms with Crippen LogP contribution in [0.4, 0.5) is 0 Å². The van der Waals surface area contributed by atoms with Gasteiger partial charge in [0.25, 0.3) is 5.91 Å². The molecule has 1 saturated heterocycles. The molecule has 2 aromatic rings. The van der Waals surface area contributed by atoms with Crippen LogP contribution in [0.25, 0.3) is 0 Å².